The Labute approximate surface area is 206 Å². The smallest absolute Gasteiger partial charge is 0.406 e. The highest BCUT2D eigenvalue weighted by Gasteiger charge is 2.34. The minimum absolute atomic E-state index is 0.00308. The summed E-state index contributed by atoms with van der Waals surface area (Å²) in [6.45, 7) is 4.00. The Kier molecular flexibility index (Phi) is 6.22. The van der Waals surface area contributed by atoms with E-state index in [9.17, 15) is 13.2 Å². The zero-order valence-corrected chi connectivity index (χ0v) is 19.7. The summed E-state index contributed by atoms with van der Waals surface area (Å²) in [7, 11) is 0. The molecule has 2 heterocycles. The fraction of sp³-hybridized carbons (Fsp3) is 0.222. The van der Waals surface area contributed by atoms with Crippen molar-refractivity contribution in [2.75, 3.05) is 10.2 Å². The number of halogens is 3. The standard InChI is InChI=1S/C27H24F3N5O/c1-17(2)33-23-16-25-19(15-22(23)34-26-31-12-5-13-32-26)14-18-6-3-4-7-24(18)35(25)20-8-10-21(11-9-20)36-27(28,29)30/h3-13,15-17,19H,14H2,1-2H3,(H,31,32,34). The molecule has 1 N–H and O–H groups in total. The van der Waals surface area contributed by atoms with Crippen LogP contribution in [-0.4, -0.2) is 28.1 Å². The van der Waals surface area contributed by atoms with Crippen LogP contribution in [0, 0.1) is 5.92 Å². The average Bonchev–Trinajstić information content (AvgIpc) is 2.83. The summed E-state index contributed by atoms with van der Waals surface area (Å²) in [6, 6.07) is 15.7. The van der Waals surface area contributed by atoms with Crippen LogP contribution in [0.25, 0.3) is 0 Å². The molecule has 0 radical (unpaired) electrons. The number of para-hydroxylation sites is 1. The Bertz CT molecular complexity index is 1330. The molecule has 1 aromatic heterocycles. The number of anilines is 3. The van der Waals surface area contributed by atoms with Crippen molar-refractivity contribution in [2.45, 2.75) is 32.7 Å². The molecule has 0 bridgehead atoms. The van der Waals surface area contributed by atoms with Crippen molar-refractivity contribution in [1.29, 1.82) is 0 Å². The van der Waals surface area contributed by atoms with Crippen molar-refractivity contribution in [1.82, 2.24) is 9.97 Å². The molecule has 0 fully saturated rings. The fourth-order valence-corrected chi connectivity index (χ4v) is 4.43. The molecule has 0 amide bonds. The monoisotopic (exact) mass is 491 g/mol. The van der Waals surface area contributed by atoms with Gasteiger partial charge in [-0.1, -0.05) is 18.2 Å². The zero-order valence-electron chi connectivity index (χ0n) is 19.7. The molecule has 5 rings (SSSR count). The molecule has 0 spiro atoms. The van der Waals surface area contributed by atoms with E-state index in [-0.39, 0.29) is 17.7 Å². The first kappa shape index (κ1) is 23.6. The number of hydrogen-bond donors (Lipinski definition) is 1. The first-order valence-corrected chi connectivity index (χ1v) is 11.6. The number of aromatic nitrogens is 2. The second kappa shape index (κ2) is 9.49. The van der Waals surface area contributed by atoms with Gasteiger partial charge in [0.1, 0.15) is 5.75 Å². The van der Waals surface area contributed by atoms with Crippen LogP contribution in [0.1, 0.15) is 19.4 Å². The summed E-state index contributed by atoms with van der Waals surface area (Å²) in [6.07, 6.45) is 3.52. The maximum Gasteiger partial charge on any atom is 0.573 e. The van der Waals surface area contributed by atoms with E-state index >= 15 is 0 Å². The maximum atomic E-state index is 12.7. The molecule has 1 aliphatic carbocycles. The first-order valence-electron chi connectivity index (χ1n) is 11.6. The summed E-state index contributed by atoms with van der Waals surface area (Å²) >= 11 is 0. The molecule has 1 atom stereocenters. The molecular weight excluding hydrogens is 467 g/mol. The van der Waals surface area contributed by atoms with E-state index < -0.39 is 6.36 Å². The Hall–Kier alpha value is -4.14. The lowest BCUT2D eigenvalue weighted by atomic mass is 9.84. The van der Waals surface area contributed by atoms with Crippen molar-refractivity contribution in [3.05, 3.63) is 96.1 Å². The highest BCUT2D eigenvalue weighted by Crippen LogP contribution is 2.44. The number of alkyl halides is 3. The molecule has 0 saturated heterocycles. The van der Waals surface area contributed by atoms with Gasteiger partial charge in [-0.05, 0) is 74.4 Å². The summed E-state index contributed by atoms with van der Waals surface area (Å²) in [5.41, 5.74) is 5.39. The third-order valence-corrected chi connectivity index (χ3v) is 5.78. The predicted octanol–water partition coefficient (Wildman–Crippen LogP) is 6.43. The third-order valence-electron chi connectivity index (χ3n) is 5.78. The SMILES string of the molecule is CC(C)N=C1C=C2C(C=C1Nc1ncccn1)Cc1ccccc1N2c1ccc(OC(F)(F)F)cc1. The van der Waals surface area contributed by atoms with Gasteiger partial charge in [0, 0.05) is 41.4 Å². The molecular formula is C27H24F3N5O. The lowest BCUT2D eigenvalue weighted by Crippen LogP contribution is -2.33. The normalized spacial score (nSPS) is 18.3. The Morgan fingerprint density at radius 1 is 1.03 bits per heavy atom. The van der Waals surface area contributed by atoms with Gasteiger partial charge in [-0.15, -0.1) is 13.2 Å². The zero-order chi connectivity index (χ0) is 25.3. The van der Waals surface area contributed by atoms with E-state index in [0.29, 0.717) is 5.95 Å². The van der Waals surface area contributed by atoms with Crippen molar-refractivity contribution >= 4 is 23.0 Å². The largest absolute Gasteiger partial charge is 0.573 e. The van der Waals surface area contributed by atoms with E-state index in [1.165, 1.54) is 12.1 Å². The molecule has 36 heavy (non-hydrogen) atoms. The highest BCUT2D eigenvalue weighted by atomic mass is 19.4. The summed E-state index contributed by atoms with van der Waals surface area (Å²) < 4.78 is 42.1. The summed E-state index contributed by atoms with van der Waals surface area (Å²) in [5.74, 6) is 0.218. The van der Waals surface area contributed by atoms with Gasteiger partial charge in [0.2, 0.25) is 5.95 Å². The van der Waals surface area contributed by atoms with E-state index in [4.69, 9.17) is 4.99 Å². The number of nitrogens with one attached hydrogen (secondary N) is 1. The molecule has 6 nitrogen and oxygen atoms in total. The molecule has 3 aromatic rings. The minimum Gasteiger partial charge on any atom is -0.406 e. The van der Waals surface area contributed by atoms with Gasteiger partial charge in [-0.25, -0.2) is 9.97 Å². The Balaban J connectivity index is 1.57. The van der Waals surface area contributed by atoms with Crippen LogP contribution in [-0.2, 0) is 6.42 Å². The van der Waals surface area contributed by atoms with E-state index in [0.717, 1.165) is 40.5 Å². The number of hydrogen-bond acceptors (Lipinski definition) is 6. The van der Waals surface area contributed by atoms with Gasteiger partial charge in [0.15, 0.2) is 0 Å². The number of fused-ring (bicyclic) bond motifs is 2. The van der Waals surface area contributed by atoms with Crippen LogP contribution in [0.3, 0.4) is 0 Å². The van der Waals surface area contributed by atoms with Gasteiger partial charge >= 0.3 is 6.36 Å². The van der Waals surface area contributed by atoms with Crippen LogP contribution < -0.4 is 15.0 Å². The Morgan fingerprint density at radius 3 is 2.44 bits per heavy atom. The van der Waals surface area contributed by atoms with Crippen LogP contribution in [0.4, 0.5) is 30.5 Å². The lowest BCUT2D eigenvalue weighted by molar-refractivity contribution is -0.274. The molecule has 184 valence electrons. The van der Waals surface area contributed by atoms with Gasteiger partial charge < -0.3 is 15.0 Å². The van der Waals surface area contributed by atoms with Crippen LogP contribution in [0.15, 0.2) is 95.5 Å². The van der Waals surface area contributed by atoms with E-state index in [1.54, 1.807) is 30.6 Å². The lowest BCUT2D eigenvalue weighted by Gasteiger charge is -2.40. The third kappa shape index (κ3) is 5.10. The summed E-state index contributed by atoms with van der Waals surface area (Å²) in [4.78, 5) is 15.5. The van der Waals surface area contributed by atoms with Crippen LogP contribution in [0.2, 0.25) is 0 Å². The van der Waals surface area contributed by atoms with Crippen molar-refractivity contribution < 1.29 is 17.9 Å². The molecule has 0 saturated carbocycles. The highest BCUT2D eigenvalue weighted by molar-refractivity contribution is 6.12. The van der Waals surface area contributed by atoms with Crippen LogP contribution >= 0.6 is 0 Å². The van der Waals surface area contributed by atoms with E-state index in [2.05, 4.69) is 37.1 Å². The number of nitrogens with zero attached hydrogens (tertiary/aromatic N) is 4. The van der Waals surface area contributed by atoms with Gasteiger partial charge in [-0.3, -0.25) is 4.99 Å². The topological polar surface area (TPSA) is 62.6 Å². The van der Waals surface area contributed by atoms with Gasteiger partial charge in [-0.2, -0.15) is 0 Å². The second-order valence-corrected chi connectivity index (χ2v) is 8.77. The van der Waals surface area contributed by atoms with Gasteiger partial charge in [0.25, 0.3) is 0 Å². The minimum atomic E-state index is -4.74. The second-order valence-electron chi connectivity index (χ2n) is 8.77. The maximum absolute atomic E-state index is 12.7. The van der Waals surface area contributed by atoms with Crippen LogP contribution in [0.5, 0.6) is 5.75 Å². The summed E-state index contributed by atoms with van der Waals surface area (Å²) in [5, 5.41) is 3.30. The number of benzene rings is 2. The van der Waals surface area contributed by atoms with Crippen molar-refractivity contribution in [3.63, 3.8) is 0 Å². The quantitative estimate of drug-likeness (QED) is 0.446. The molecule has 1 unspecified atom stereocenters. The molecule has 2 aromatic carbocycles. The first-order chi connectivity index (χ1) is 17.3. The number of allylic oxidation sites excluding steroid dienone is 2. The molecule has 1 aliphatic heterocycles. The van der Waals surface area contributed by atoms with Gasteiger partial charge in [0.05, 0.1) is 11.4 Å². The fourth-order valence-electron chi connectivity index (χ4n) is 4.43. The number of aliphatic imine (C=N–C) groups is 1. The number of rotatable bonds is 5. The number of ether oxygens (including phenoxy) is 1. The Morgan fingerprint density at radius 2 is 1.75 bits per heavy atom. The average molecular weight is 492 g/mol. The molecule has 9 heteroatoms. The van der Waals surface area contributed by atoms with Crippen molar-refractivity contribution in [3.8, 4) is 5.75 Å². The van der Waals surface area contributed by atoms with E-state index in [1.807, 2.05) is 38.1 Å². The predicted molar refractivity (Wildman–Crippen MR) is 133 cm³/mol. The van der Waals surface area contributed by atoms with Crippen molar-refractivity contribution in [2.24, 2.45) is 10.9 Å². The molecule has 2 aliphatic rings.